The molecule has 0 bridgehead atoms. The molecule has 0 aromatic rings. The van der Waals surface area contributed by atoms with Crippen molar-refractivity contribution >= 4 is 17.5 Å². The zero-order valence-corrected chi connectivity index (χ0v) is 9.23. The Hall–Kier alpha value is -0.540. The molecule has 2 unspecified atom stereocenters. The Balaban J connectivity index is 2.38. The lowest BCUT2D eigenvalue weighted by Gasteiger charge is -2.28. The van der Waals surface area contributed by atoms with Crippen LogP contribution >= 0.6 is 11.6 Å². The van der Waals surface area contributed by atoms with E-state index in [2.05, 4.69) is 24.1 Å². The highest BCUT2D eigenvalue weighted by atomic mass is 35.5. The molecule has 2 atom stereocenters. The molecule has 1 amide bonds. The van der Waals surface area contributed by atoms with Crippen molar-refractivity contribution in [1.29, 1.82) is 0 Å². The van der Waals surface area contributed by atoms with Crippen LogP contribution in [0.15, 0.2) is 11.6 Å². The van der Waals surface area contributed by atoms with E-state index >= 15 is 0 Å². The van der Waals surface area contributed by atoms with Gasteiger partial charge < -0.3 is 10.6 Å². The van der Waals surface area contributed by atoms with E-state index in [4.69, 9.17) is 11.6 Å². The number of carbonyl (C=O) groups excluding carboxylic acids is 1. The van der Waals surface area contributed by atoms with Crippen LogP contribution in [0.1, 0.15) is 13.3 Å². The van der Waals surface area contributed by atoms with Crippen LogP contribution in [0.25, 0.3) is 0 Å². The Labute approximate surface area is 89.9 Å². The molecule has 0 radical (unpaired) electrons. The molecule has 1 heterocycles. The van der Waals surface area contributed by atoms with Crippen molar-refractivity contribution in [1.82, 2.24) is 10.6 Å². The Morgan fingerprint density at radius 3 is 3.00 bits per heavy atom. The lowest BCUT2D eigenvalue weighted by atomic mass is 9.87. The van der Waals surface area contributed by atoms with Crippen LogP contribution in [0, 0.1) is 11.8 Å². The first-order valence-corrected chi connectivity index (χ1v) is 5.30. The van der Waals surface area contributed by atoms with Gasteiger partial charge in [-0.15, -0.1) is 0 Å². The summed E-state index contributed by atoms with van der Waals surface area (Å²) >= 11 is 5.58. The normalized spacial score (nSPS) is 27.0. The molecule has 1 aliphatic heterocycles. The van der Waals surface area contributed by atoms with Gasteiger partial charge in [0.05, 0.1) is 6.54 Å². The average molecular weight is 217 g/mol. The molecule has 1 fully saturated rings. The first kappa shape index (κ1) is 11.5. The van der Waals surface area contributed by atoms with Crippen molar-refractivity contribution in [2.45, 2.75) is 13.3 Å². The third-order valence-corrected chi connectivity index (χ3v) is 2.71. The maximum absolute atomic E-state index is 11.7. The fourth-order valence-corrected chi connectivity index (χ4v) is 1.78. The second kappa shape index (κ2) is 5.37. The summed E-state index contributed by atoms with van der Waals surface area (Å²) in [6.45, 7) is 7.83. The lowest BCUT2D eigenvalue weighted by Crippen LogP contribution is -2.43. The van der Waals surface area contributed by atoms with Gasteiger partial charge in [0.2, 0.25) is 5.91 Å². The molecule has 80 valence electrons. The molecule has 3 nitrogen and oxygen atoms in total. The number of halogens is 1. The van der Waals surface area contributed by atoms with E-state index in [0.717, 1.165) is 19.5 Å². The van der Waals surface area contributed by atoms with E-state index < -0.39 is 0 Å². The van der Waals surface area contributed by atoms with Crippen LogP contribution in [0.5, 0.6) is 0 Å². The van der Waals surface area contributed by atoms with Gasteiger partial charge in [-0.1, -0.05) is 25.1 Å². The van der Waals surface area contributed by atoms with Crippen LogP contribution in [0.2, 0.25) is 0 Å². The van der Waals surface area contributed by atoms with Crippen molar-refractivity contribution in [3.8, 4) is 0 Å². The SMILES string of the molecule is C=C(Cl)CNC(=O)C1CCNCC1C. The molecule has 0 saturated carbocycles. The fourth-order valence-electron chi connectivity index (χ4n) is 1.72. The van der Waals surface area contributed by atoms with Crippen molar-refractivity contribution in [3.05, 3.63) is 11.6 Å². The third-order valence-electron chi connectivity index (χ3n) is 2.58. The summed E-state index contributed by atoms with van der Waals surface area (Å²) in [5.74, 6) is 0.611. The fraction of sp³-hybridized carbons (Fsp3) is 0.700. The van der Waals surface area contributed by atoms with Gasteiger partial charge in [-0.3, -0.25) is 4.79 Å². The van der Waals surface area contributed by atoms with Crippen molar-refractivity contribution in [2.24, 2.45) is 11.8 Å². The Morgan fingerprint density at radius 2 is 2.43 bits per heavy atom. The molecule has 0 aliphatic carbocycles. The molecule has 1 saturated heterocycles. The van der Waals surface area contributed by atoms with E-state index in [1.54, 1.807) is 0 Å². The molecule has 0 aromatic carbocycles. The Kier molecular flexibility index (Phi) is 4.42. The summed E-state index contributed by atoms with van der Waals surface area (Å²) < 4.78 is 0. The molecular weight excluding hydrogens is 200 g/mol. The van der Waals surface area contributed by atoms with E-state index in [-0.39, 0.29) is 11.8 Å². The summed E-state index contributed by atoms with van der Waals surface area (Å²) in [5, 5.41) is 6.52. The highest BCUT2D eigenvalue weighted by molar-refractivity contribution is 6.29. The van der Waals surface area contributed by atoms with Crippen LogP contribution < -0.4 is 10.6 Å². The van der Waals surface area contributed by atoms with Gasteiger partial charge >= 0.3 is 0 Å². The second-order valence-electron chi connectivity index (χ2n) is 3.81. The highest BCUT2D eigenvalue weighted by Gasteiger charge is 2.27. The minimum absolute atomic E-state index is 0.0980. The van der Waals surface area contributed by atoms with Crippen LogP contribution in [0.4, 0.5) is 0 Å². The van der Waals surface area contributed by atoms with E-state index in [1.807, 2.05) is 0 Å². The Morgan fingerprint density at radius 1 is 1.71 bits per heavy atom. The molecule has 14 heavy (non-hydrogen) atoms. The van der Waals surface area contributed by atoms with Crippen molar-refractivity contribution in [3.63, 3.8) is 0 Å². The number of rotatable bonds is 3. The van der Waals surface area contributed by atoms with Crippen molar-refractivity contribution < 1.29 is 4.79 Å². The largest absolute Gasteiger partial charge is 0.351 e. The molecular formula is C10H17ClN2O. The lowest BCUT2D eigenvalue weighted by molar-refractivity contribution is -0.127. The maximum Gasteiger partial charge on any atom is 0.223 e. The molecule has 2 N–H and O–H groups in total. The minimum atomic E-state index is 0.0980. The number of amides is 1. The topological polar surface area (TPSA) is 41.1 Å². The average Bonchev–Trinajstić information content (AvgIpc) is 2.15. The molecule has 0 aromatic heterocycles. The number of carbonyl (C=O) groups is 1. The third kappa shape index (κ3) is 3.31. The summed E-state index contributed by atoms with van der Waals surface area (Å²) in [7, 11) is 0. The molecule has 1 aliphatic rings. The summed E-state index contributed by atoms with van der Waals surface area (Å²) in [6.07, 6.45) is 0.905. The maximum atomic E-state index is 11.7. The molecule has 1 rings (SSSR count). The number of hydrogen-bond acceptors (Lipinski definition) is 2. The van der Waals surface area contributed by atoms with Crippen LogP contribution in [-0.4, -0.2) is 25.5 Å². The van der Waals surface area contributed by atoms with Gasteiger partial charge in [-0.25, -0.2) is 0 Å². The first-order valence-electron chi connectivity index (χ1n) is 4.93. The quantitative estimate of drug-likeness (QED) is 0.742. The van der Waals surface area contributed by atoms with Gasteiger partial charge in [0.25, 0.3) is 0 Å². The molecule has 4 heteroatoms. The van der Waals surface area contributed by atoms with Gasteiger partial charge in [-0.2, -0.15) is 0 Å². The van der Waals surface area contributed by atoms with Gasteiger partial charge in [-0.05, 0) is 25.4 Å². The van der Waals surface area contributed by atoms with Crippen molar-refractivity contribution in [2.75, 3.05) is 19.6 Å². The predicted octanol–water partition coefficient (Wildman–Crippen LogP) is 1.10. The summed E-state index contributed by atoms with van der Waals surface area (Å²) in [6, 6.07) is 0. The monoisotopic (exact) mass is 216 g/mol. The standard InChI is InChI=1S/C10H17ClN2O/c1-7-5-12-4-3-9(7)10(14)13-6-8(2)11/h7,9,12H,2-6H2,1H3,(H,13,14). The van der Waals surface area contributed by atoms with Gasteiger partial charge in [0.15, 0.2) is 0 Å². The zero-order valence-electron chi connectivity index (χ0n) is 8.48. The van der Waals surface area contributed by atoms with Gasteiger partial charge in [0.1, 0.15) is 0 Å². The number of nitrogens with one attached hydrogen (secondary N) is 2. The Bertz CT molecular complexity index is 230. The highest BCUT2D eigenvalue weighted by Crippen LogP contribution is 2.18. The van der Waals surface area contributed by atoms with E-state index in [9.17, 15) is 4.79 Å². The summed E-state index contributed by atoms with van der Waals surface area (Å²) in [5.41, 5.74) is 0. The van der Waals surface area contributed by atoms with Crippen LogP contribution in [-0.2, 0) is 4.79 Å². The van der Waals surface area contributed by atoms with E-state index in [1.165, 1.54) is 0 Å². The number of piperidine rings is 1. The zero-order chi connectivity index (χ0) is 10.6. The van der Waals surface area contributed by atoms with Gasteiger partial charge in [0, 0.05) is 11.0 Å². The van der Waals surface area contributed by atoms with E-state index in [0.29, 0.717) is 17.5 Å². The smallest absolute Gasteiger partial charge is 0.223 e. The van der Waals surface area contributed by atoms with Crippen LogP contribution in [0.3, 0.4) is 0 Å². The first-order chi connectivity index (χ1) is 6.61. The minimum Gasteiger partial charge on any atom is -0.351 e. The number of hydrogen-bond donors (Lipinski definition) is 2. The molecule has 0 spiro atoms. The summed E-state index contributed by atoms with van der Waals surface area (Å²) in [4.78, 5) is 11.7. The second-order valence-corrected chi connectivity index (χ2v) is 4.35. The predicted molar refractivity (Wildman–Crippen MR) is 58.1 cm³/mol.